The smallest absolute Gasteiger partial charge is 0.254 e. The van der Waals surface area contributed by atoms with Gasteiger partial charge in [-0.2, -0.15) is 5.26 Å². The van der Waals surface area contributed by atoms with Gasteiger partial charge in [0.05, 0.1) is 17.5 Å². The van der Waals surface area contributed by atoms with Gasteiger partial charge < -0.3 is 20.4 Å². The normalized spacial score (nSPS) is 14.7. The Bertz CT molecular complexity index is 1250. The van der Waals surface area contributed by atoms with Gasteiger partial charge in [0.1, 0.15) is 0 Å². The highest BCUT2D eigenvalue weighted by molar-refractivity contribution is 7.10. The lowest BCUT2D eigenvalue weighted by atomic mass is 9.97. The molecule has 1 heterocycles. The molecule has 2 aromatic rings. The predicted octanol–water partition coefficient (Wildman–Crippen LogP) is 4.45. The molecule has 0 aliphatic rings. The molecule has 40 heavy (non-hydrogen) atoms. The fourth-order valence-electron chi connectivity index (χ4n) is 4.23. The third-order valence-electron chi connectivity index (χ3n) is 6.46. The summed E-state index contributed by atoms with van der Waals surface area (Å²) in [7, 11) is 0. The fourth-order valence-corrected chi connectivity index (χ4v) is 5.12. The number of benzene rings is 1. The first-order valence-corrected chi connectivity index (χ1v) is 14.1. The van der Waals surface area contributed by atoms with E-state index in [9.17, 15) is 29.5 Å². The number of hydrogen-bond donors (Lipinski definition) is 3. The molecule has 4 unspecified atom stereocenters. The Morgan fingerprint density at radius 2 is 2.00 bits per heavy atom. The summed E-state index contributed by atoms with van der Waals surface area (Å²) in [5, 5.41) is 34.9. The van der Waals surface area contributed by atoms with E-state index in [1.54, 1.807) is 25.1 Å². The van der Waals surface area contributed by atoms with Crippen LogP contribution in [0.15, 0.2) is 72.4 Å². The van der Waals surface area contributed by atoms with Crippen molar-refractivity contribution in [2.24, 2.45) is 5.92 Å². The Labute approximate surface area is 240 Å². The summed E-state index contributed by atoms with van der Waals surface area (Å²) < 4.78 is 13.0. The second-order valence-corrected chi connectivity index (χ2v) is 10.5. The molecular weight excluding hydrogens is 529 g/mol. The number of hydrogen-bond acceptors (Lipinski definition) is 6. The number of nitriles is 1. The number of halogens is 1. The molecule has 0 bridgehead atoms. The van der Waals surface area contributed by atoms with Crippen LogP contribution in [0.3, 0.4) is 0 Å². The van der Waals surface area contributed by atoms with Crippen LogP contribution in [-0.4, -0.2) is 58.3 Å². The molecule has 1 aromatic heterocycles. The van der Waals surface area contributed by atoms with Gasteiger partial charge in [0.2, 0.25) is 0 Å². The molecule has 4 atom stereocenters. The van der Waals surface area contributed by atoms with E-state index in [-0.39, 0.29) is 18.3 Å². The zero-order valence-electron chi connectivity index (χ0n) is 23.2. The van der Waals surface area contributed by atoms with Crippen LogP contribution in [0.25, 0.3) is 0 Å². The summed E-state index contributed by atoms with van der Waals surface area (Å²) in [4.78, 5) is 28.1. The van der Waals surface area contributed by atoms with E-state index in [1.807, 2.05) is 36.6 Å². The Kier molecular flexibility index (Phi) is 13.5. The van der Waals surface area contributed by atoms with Gasteiger partial charge in [-0.25, -0.2) is 4.39 Å². The number of allylic oxidation sites excluding steroid dienone is 3. The first-order chi connectivity index (χ1) is 19.1. The number of carbonyl (C=O) groups excluding carboxylic acids is 2. The summed E-state index contributed by atoms with van der Waals surface area (Å²) in [5.41, 5.74) is 2.64. The molecule has 2 amide bonds. The average molecular weight is 568 g/mol. The van der Waals surface area contributed by atoms with Crippen molar-refractivity contribution in [1.29, 1.82) is 5.26 Å². The first-order valence-electron chi connectivity index (χ1n) is 13.2. The SMILES string of the molecule is C=CC(C=C/C=C(\C)F)C(C)N(CCC)C(=O)C(O)C(O)C(=O)NCCc1cc(Cc2ccccc2C#N)cs1. The molecule has 2 rings (SSSR count). The van der Waals surface area contributed by atoms with E-state index < -0.39 is 30.1 Å². The maximum absolute atomic E-state index is 13.1. The Morgan fingerprint density at radius 3 is 2.65 bits per heavy atom. The minimum absolute atomic E-state index is 0.214. The second kappa shape index (κ2) is 16.5. The van der Waals surface area contributed by atoms with Crippen LogP contribution < -0.4 is 5.32 Å². The van der Waals surface area contributed by atoms with E-state index in [0.29, 0.717) is 31.4 Å². The Morgan fingerprint density at radius 1 is 1.27 bits per heavy atom. The van der Waals surface area contributed by atoms with Crippen LogP contribution in [-0.2, 0) is 22.4 Å². The summed E-state index contributed by atoms with van der Waals surface area (Å²) in [6.07, 6.45) is 3.99. The summed E-state index contributed by atoms with van der Waals surface area (Å²) >= 11 is 1.53. The van der Waals surface area contributed by atoms with Gasteiger partial charge in [0, 0.05) is 29.9 Å². The molecule has 1 aromatic carbocycles. The monoisotopic (exact) mass is 567 g/mol. The topological polar surface area (TPSA) is 114 Å². The van der Waals surface area contributed by atoms with Crippen molar-refractivity contribution >= 4 is 23.2 Å². The van der Waals surface area contributed by atoms with Crippen molar-refractivity contribution in [3.63, 3.8) is 0 Å². The zero-order chi connectivity index (χ0) is 29.7. The number of amides is 2. The van der Waals surface area contributed by atoms with Gasteiger partial charge in [-0.05, 0) is 67.8 Å². The molecule has 0 aliphatic heterocycles. The standard InChI is InChI=1S/C31H38FN3O4S/c1-5-16-35(22(4)24(6-2)13-9-10-21(3)32)31(39)29(37)28(36)30(38)34-15-14-27-18-23(20-40-27)17-25-11-7-8-12-26(25)19-33/h6-13,18,20,22,24,28-29,36-37H,2,5,14-17H2,1,3-4H3,(H,34,38)/b13-9?,21-10+. The third-order valence-corrected chi connectivity index (χ3v) is 7.50. The number of carbonyl (C=O) groups is 2. The predicted molar refractivity (Wildman–Crippen MR) is 156 cm³/mol. The van der Waals surface area contributed by atoms with Crippen molar-refractivity contribution in [3.8, 4) is 6.07 Å². The van der Waals surface area contributed by atoms with E-state index in [2.05, 4.69) is 18.0 Å². The van der Waals surface area contributed by atoms with Crippen molar-refractivity contribution in [1.82, 2.24) is 10.2 Å². The number of aliphatic hydroxyl groups is 2. The number of nitrogens with one attached hydrogen (secondary N) is 1. The van der Waals surface area contributed by atoms with Crippen LogP contribution in [0.5, 0.6) is 0 Å². The molecule has 0 radical (unpaired) electrons. The van der Waals surface area contributed by atoms with Crippen LogP contribution in [0.2, 0.25) is 0 Å². The summed E-state index contributed by atoms with van der Waals surface area (Å²) in [6.45, 7) is 9.25. The molecule has 0 fully saturated rings. The number of thiophene rings is 1. The van der Waals surface area contributed by atoms with Crippen molar-refractivity contribution in [2.75, 3.05) is 13.1 Å². The fraction of sp³-hybridized carbons (Fsp3) is 0.387. The Hall–Kier alpha value is -3.58. The molecule has 3 N–H and O–H groups in total. The second-order valence-electron chi connectivity index (χ2n) is 9.52. The Balaban J connectivity index is 1.95. The molecule has 0 saturated heterocycles. The number of nitrogens with zero attached hydrogens (tertiary/aromatic N) is 2. The van der Waals surface area contributed by atoms with E-state index in [4.69, 9.17) is 0 Å². The van der Waals surface area contributed by atoms with E-state index >= 15 is 0 Å². The first kappa shape index (κ1) is 32.6. The molecular formula is C31H38FN3O4S. The van der Waals surface area contributed by atoms with Crippen molar-refractivity contribution in [3.05, 3.63) is 94.0 Å². The molecule has 0 saturated carbocycles. The number of rotatable bonds is 15. The van der Waals surface area contributed by atoms with Gasteiger partial charge in [-0.3, -0.25) is 9.59 Å². The van der Waals surface area contributed by atoms with Gasteiger partial charge in [0.15, 0.2) is 12.2 Å². The van der Waals surface area contributed by atoms with Crippen molar-refractivity contribution < 1.29 is 24.2 Å². The molecule has 9 heteroatoms. The van der Waals surface area contributed by atoms with Gasteiger partial charge >= 0.3 is 0 Å². The van der Waals surface area contributed by atoms with Crippen LogP contribution in [0.4, 0.5) is 4.39 Å². The maximum Gasteiger partial charge on any atom is 0.254 e. The quantitative estimate of drug-likeness (QED) is 0.217. The van der Waals surface area contributed by atoms with E-state index in [0.717, 1.165) is 16.0 Å². The highest BCUT2D eigenvalue weighted by atomic mass is 32.1. The van der Waals surface area contributed by atoms with Crippen LogP contribution in [0.1, 0.15) is 48.8 Å². The van der Waals surface area contributed by atoms with Gasteiger partial charge in [0.25, 0.3) is 11.8 Å². The van der Waals surface area contributed by atoms with Gasteiger partial charge in [-0.15, -0.1) is 17.9 Å². The third kappa shape index (κ3) is 9.56. The molecule has 214 valence electrons. The van der Waals surface area contributed by atoms with Crippen LogP contribution >= 0.6 is 11.3 Å². The summed E-state index contributed by atoms with van der Waals surface area (Å²) in [6, 6.07) is 11.2. The number of aliphatic hydroxyl groups excluding tert-OH is 2. The molecule has 7 nitrogen and oxygen atoms in total. The maximum atomic E-state index is 13.1. The van der Waals surface area contributed by atoms with Crippen molar-refractivity contribution in [2.45, 2.75) is 58.3 Å². The highest BCUT2D eigenvalue weighted by Gasteiger charge is 2.35. The molecule has 0 spiro atoms. The highest BCUT2D eigenvalue weighted by Crippen LogP contribution is 2.21. The minimum atomic E-state index is -1.94. The summed E-state index contributed by atoms with van der Waals surface area (Å²) in [5.74, 6) is -2.31. The van der Waals surface area contributed by atoms with E-state index in [1.165, 1.54) is 35.3 Å². The van der Waals surface area contributed by atoms with Gasteiger partial charge in [-0.1, -0.05) is 43.4 Å². The largest absolute Gasteiger partial charge is 0.380 e. The molecule has 0 aliphatic carbocycles. The lowest BCUT2D eigenvalue weighted by molar-refractivity contribution is -0.155. The average Bonchev–Trinajstić information content (AvgIpc) is 3.39. The lowest BCUT2D eigenvalue weighted by Crippen LogP contribution is -2.54. The minimum Gasteiger partial charge on any atom is -0.380 e. The zero-order valence-corrected chi connectivity index (χ0v) is 24.0. The lowest BCUT2D eigenvalue weighted by Gasteiger charge is -2.34. The van der Waals surface area contributed by atoms with Crippen LogP contribution in [0, 0.1) is 17.2 Å².